The van der Waals surface area contributed by atoms with Gasteiger partial charge < -0.3 is 20.3 Å². The Bertz CT molecular complexity index is 906. The monoisotopic (exact) mass is 517 g/mol. The van der Waals surface area contributed by atoms with Gasteiger partial charge in [-0.3, -0.25) is 9.59 Å². The summed E-state index contributed by atoms with van der Waals surface area (Å²) in [4.78, 5) is 42.8. The van der Waals surface area contributed by atoms with Crippen molar-refractivity contribution in [2.75, 3.05) is 0 Å². The number of rotatable bonds is 12. The summed E-state index contributed by atoms with van der Waals surface area (Å²) in [6, 6.07) is 6.01. The van der Waals surface area contributed by atoms with Crippen LogP contribution < -0.4 is 10.6 Å². The molecule has 4 atom stereocenters. The Kier molecular flexibility index (Phi) is 12.1. The number of alkyl carbamates (subject to hydrolysis) is 1. The highest BCUT2D eigenvalue weighted by Gasteiger charge is 2.44. The summed E-state index contributed by atoms with van der Waals surface area (Å²) < 4.78 is 5.49. The van der Waals surface area contributed by atoms with Crippen LogP contribution in [0.4, 0.5) is 4.79 Å². The van der Waals surface area contributed by atoms with E-state index in [1.807, 2.05) is 72.7 Å². The smallest absolute Gasteiger partial charge is 0.408 e. The van der Waals surface area contributed by atoms with Gasteiger partial charge in [0.05, 0.1) is 0 Å². The van der Waals surface area contributed by atoms with Crippen LogP contribution in [0.15, 0.2) is 24.3 Å². The number of nitrogens with zero attached hydrogens (tertiary/aromatic N) is 1. The highest BCUT2D eigenvalue weighted by Crippen LogP contribution is 2.33. The zero-order valence-corrected chi connectivity index (χ0v) is 25.0. The zero-order chi connectivity index (χ0) is 28.6. The van der Waals surface area contributed by atoms with E-state index in [1.54, 1.807) is 25.7 Å². The van der Waals surface area contributed by atoms with E-state index in [0.29, 0.717) is 12.8 Å². The van der Waals surface area contributed by atoms with E-state index in [0.717, 1.165) is 24.0 Å². The van der Waals surface area contributed by atoms with Gasteiger partial charge in [-0.05, 0) is 72.8 Å². The Labute approximate surface area is 225 Å². The van der Waals surface area contributed by atoms with Crippen LogP contribution in [0.2, 0.25) is 0 Å². The molecule has 0 saturated heterocycles. The number of hydrogen-bond acceptors (Lipinski definition) is 4. The Hall–Kier alpha value is -2.57. The van der Waals surface area contributed by atoms with Gasteiger partial charge in [-0.2, -0.15) is 0 Å². The molecule has 1 aromatic carbocycles. The first-order valence-corrected chi connectivity index (χ1v) is 13.8. The fourth-order valence-corrected chi connectivity index (χ4v) is 4.30. The zero-order valence-electron chi connectivity index (χ0n) is 25.0. The quantitative estimate of drug-likeness (QED) is 0.341. The summed E-state index contributed by atoms with van der Waals surface area (Å²) in [6.45, 7) is 21.3. The molecule has 1 rings (SSSR count). The molecule has 1 aromatic rings. The lowest BCUT2D eigenvalue weighted by atomic mass is 9.89. The molecule has 0 spiro atoms. The lowest BCUT2D eigenvalue weighted by Gasteiger charge is -2.45. The van der Waals surface area contributed by atoms with Crippen LogP contribution in [0.5, 0.6) is 0 Å². The molecule has 7 heteroatoms. The lowest BCUT2D eigenvalue weighted by Crippen LogP contribution is -2.61. The predicted octanol–water partition coefficient (Wildman–Crippen LogP) is 6.30. The van der Waals surface area contributed by atoms with E-state index >= 15 is 0 Å². The predicted molar refractivity (Wildman–Crippen MR) is 150 cm³/mol. The minimum absolute atomic E-state index is 0.0308. The summed E-state index contributed by atoms with van der Waals surface area (Å²) in [5, 5.41) is 5.97. The van der Waals surface area contributed by atoms with Crippen LogP contribution in [0.3, 0.4) is 0 Å². The van der Waals surface area contributed by atoms with E-state index in [4.69, 9.17) is 4.74 Å². The summed E-state index contributed by atoms with van der Waals surface area (Å²) in [5.41, 5.74) is 0.382. The molecule has 37 heavy (non-hydrogen) atoms. The summed E-state index contributed by atoms with van der Waals surface area (Å²) in [5.74, 6) is -0.686. The second kappa shape index (κ2) is 13.8. The number of ether oxygens (including phenoxy) is 1. The molecule has 0 saturated carbocycles. The van der Waals surface area contributed by atoms with E-state index in [-0.39, 0.29) is 23.8 Å². The van der Waals surface area contributed by atoms with E-state index in [9.17, 15) is 14.4 Å². The fourth-order valence-electron chi connectivity index (χ4n) is 4.30. The number of aryl methyl sites for hydroxylation is 1. The Morgan fingerprint density at radius 1 is 1.00 bits per heavy atom. The lowest BCUT2D eigenvalue weighted by molar-refractivity contribution is -0.150. The molecule has 0 fully saturated rings. The first-order valence-electron chi connectivity index (χ1n) is 13.8. The van der Waals surface area contributed by atoms with E-state index in [2.05, 4.69) is 17.6 Å². The van der Waals surface area contributed by atoms with Crippen molar-refractivity contribution in [1.29, 1.82) is 0 Å². The van der Waals surface area contributed by atoms with Crippen LogP contribution in [0, 0.1) is 12.8 Å². The van der Waals surface area contributed by atoms with Crippen molar-refractivity contribution in [2.45, 2.75) is 131 Å². The fraction of sp³-hybridized carbons (Fsp3) is 0.700. The molecule has 0 aliphatic carbocycles. The second-order valence-electron chi connectivity index (χ2n) is 11.9. The van der Waals surface area contributed by atoms with E-state index in [1.165, 1.54) is 0 Å². The average molecular weight is 518 g/mol. The van der Waals surface area contributed by atoms with Crippen LogP contribution in [0.25, 0.3) is 0 Å². The molecule has 3 amide bonds. The molecule has 0 radical (unpaired) electrons. The average Bonchev–Trinajstić information content (AvgIpc) is 2.78. The number of carbonyl (C=O) groups is 3. The molecular formula is C30H51N3O4. The number of carbonyl (C=O) groups excluding carboxylic acids is 3. The van der Waals surface area contributed by atoms with Gasteiger partial charge in [0, 0.05) is 11.6 Å². The van der Waals surface area contributed by atoms with Gasteiger partial charge in [-0.15, -0.1) is 0 Å². The van der Waals surface area contributed by atoms with Gasteiger partial charge in [0.2, 0.25) is 11.8 Å². The van der Waals surface area contributed by atoms with Gasteiger partial charge in [0.25, 0.3) is 0 Å². The third-order valence-electron chi connectivity index (χ3n) is 6.88. The van der Waals surface area contributed by atoms with Crippen LogP contribution in [0.1, 0.15) is 112 Å². The second-order valence-corrected chi connectivity index (χ2v) is 11.9. The molecule has 0 heterocycles. The maximum Gasteiger partial charge on any atom is 0.408 e. The Morgan fingerprint density at radius 3 is 2.11 bits per heavy atom. The van der Waals surface area contributed by atoms with Crippen LogP contribution in [-0.2, 0) is 14.3 Å². The van der Waals surface area contributed by atoms with E-state index < -0.39 is 29.3 Å². The van der Waals surface area contributed by atoms with Crippen molar-refractivity contribution in [2.24, 2.45) is 5.92 Å². The number of nitrogens with one attached hydrogen (secondary N) is 2. The Morgan fingerprint density at radius 2 is 1.62 bits per heavy atom. The molecule has 0 aliphatic rings. The number of benzene rings is 1. The van der Waals surface area contributed by atoms with Gasteiger partial charge in [-0.25, -0.2) is 4.79 Å². The molecular weight excluding hydrogens is 466 g/mol. The van der Waals surface area contributed by atoms with Crippen molar-refractivity contribution in [3.05, 3.63) is 35.4 Å². The minimum Gasteiger partial charge on any atom is -0.444 e. The van der Waals surface area contributed by atoms with Crippen molar-refractivity contribution in [3.63, 3.8) is 0 Å². The minimum atomic E-state index is -0.853. The summed E-state index contributed by atoms with van der Waals surface area (Å²) >= 11 is 0. The van der Waals surface area contributed by atoms with Gasteiger partial charge in [-0.1, -0.05) is 70.4 Å². The van der Waals surface area contributed by atoms with Crippen molar-refractivity contribution >= 4 is 17.9 Å². The Balaban J connectivity index is 3.67. The third-order valence-corrected chi connectivity index (χ3v) is 6.88. The number of amides is 3. The molecule has 7 nitrogen and oxygen atoms in total. The SMILES string of the molecule is CCCC(C)NC(=O)C(c1cccc(C)c1)N(C(=O)C(NC(=O)OC(C)(C)C)C(C)CC)C(C)(C)CC. The number of hydrogen-bond donors (Lipinski definition) is 2. The highest BCUT2D eigenvalue weighted by molar-refractivity contribution is 5.93. The summed E-state index contributed by atoms with van der Waals surface area (Å²) in [7, 11) is 0. The molecule has 0 aromatic heterocycles. The van der Waals surface area contributed by atoms with Crippen molar-refractivity contribution in [3.8, 4) is 0 Å². The van der Waals surface area contributed by atoms with Crippen LogP contribution in [-0.4, -0.2) is 46.0 Å². The topological polar surface area (TPSA) is 87.7 Å². The molecule has 2 N–H and O–H groups in total. The first-order chi connectivity index (χ1) is 17.1. The first kappa shape index (κ1) is 32.5. The molecule has 4 unspecified atom stereocenters. The normalized spacial score (nSPS) is 15.2. The third kappa shape index (κ3) is 9.67. The maximum atomic E-state index is 14.4. The molecule has 0 bridgehead atoms. The van der Waals surface area contributed by atoms with Crippen molar-refractivity contribution < 1.29 is 19.1 Å². The van der Waals surface area contributed by atoms with Gasteiger partial charge in [0.15, 0.2) is 0 Å². The molecule has 0 aliphatic heterocycles. The maximum absolute atomic E-state index is 14.4. The van der Waals surface area contributed by atoms with Gasteiger partial charge in [0.1, 0.15) is 17.7 Å². The highest BCUT2D eigenvalue weighted by atomic mass is 16.6. The largest absolute Gasteiger partial charge is 0.444 e. The standard InChI is InChI=1S/C30H51N3O4/c1-12-16-22(6)31-26(34)25(23-18-15-17-20(4)19-23)33(30(10,11)14-3)27(35)24(21(5)13-2)32-28(36)37-29(7,8)9/h15,17-19,21-22,24-25H,12-14,16H2,1-11H3,(H,31,34)(H,32,36). The van der Waals surface area contributed by atoms with Gasteiger partial charge >= 0.3 is 6.09 Å². The van der Waals surface area contributed by atoms with Crippen molar-refractivity contribution in [1.82, 2.24) is 15.5 Å². The molecule has 210 valence electrons. The van der Waals surface area contributed by atoms with Crippen LogP contribution >= 0.6 is 0 Å². The summed E-state index contributed by atoms with van der Waals surface area (Å²) in [6.07, 6.45) is 2.43.